The number of H-pyrrole nitrogens is 1. The lowest BCUT2D eigenvalue weighted by molar-refractivity contribution is -0.148. The number of hydrogen-bond donors (Lipinski definition) is 1. The Morgan fingerprint density at radius 1 is 1.35 bits per heavy atom. The highest BCUT2D eigenvalue weighted by Crippen LogP contribution is 2.45. The number of aromatic amines is 1. The number of amides is 1. The first kappa shape index (κ1) is 12.0. The number of hydrogen-bond acceptors (Lipinski definition) is 1. The standard InChI is InChI=1S/C17H20N2O/c1-11-7-9-17(2)15-13(8-10-19(17)16(11)20)12-5-3-4-6-14(12)18-15/h3-6,11,18H,7-10H2,1-2H3/t11-,17+/m1/s1. The van der Waals surface area contributed by atoms with Gasteiger partial charge in [-0.05, 0) is 37.8 Å². The molecule has 2 aromatic rings. The van der Waals surface area contributed by atoms with Crippen LogP contribution < -0.4 is 0 Å². The summed E-state index contributed by atoms with van der Waals surface area (Å²) in [6, 6.07) is 8.49. The highest BCUT2D eigenvalue weighted by Gasteiger charge is 2.47. The number of carbonyl (C=O) groups excluding carboxylic acids is 1. The van der Waals surface area contributed by atoms with Gasteiger partial charge in [-0.2, -0.15) is 0 Å². The zero-order valence-corrected chi connectivity index (χ0v) is 12.1. The Balaban J connectivity index is 1.92. The van der Waals surface area contributed by atoms with E-state index in [-0.39, 0.29) is 11.5 Å². The van der Waals surface area contributed by atoms with Crippen LogP contribution in [0.2, 0.25) is 0 Å². The molecule has 104 valence electrons. The molecule has 3 nitrogen and oxygen atoms in total. The van der Waals surface area contributed by atoms with Crippen molar-refractivity contribution in [2.24, 2.45) is 5.92 Å². The smallest absolute Gasteiger partial charge is 0.226 e. The maximum atomic E-state index is 12.5. The van der Waals surface area contributed by atoms with Gasteiger partial charge in [-0.15, -0.1) is 0 Å². The molecular formula is C17H20N2O. The number of aromatic nitrogens is 1. The van der Waals surface area contributed by atoms with Gasteiger partial charge in [0.1, 0.15) is 0 Å². The number of benzene rings is 1. The molecule has 1 saturated heterocycles. The Labute approximate surface area is 119 Å². The minimum Gasteiger partial charge on any atom is -0.356 e. The summed E-state index contributed by atoms with van der Waals surface area (Å²) in [5.74, 6) is 0.497. The van der Waals surface area contributed by atoms with Crippen LogP contribution in [0.25, 0.3) is 10.9 Å². The Morgan fingerprint density at radius 2 is 2.15 bits per heavy atom. The Hall–Kier alpha value is -1.77. The van der Waals surface area contributed by atoms with Crippen LogP contribution in [0.1, 0.15) is 37.9 Å². The van der Waals surface area contributed by atoms with Crippen molar-refractivity contribution in [2.45, 2.75) is 38.6 Å². The molecule has 1 amide bonds. The molecule has 0 saturated carbocycles. The summed E-state index contributed by atoms with van der Waals surface area (Å²) in [5, 5.41) is 1.33. The van der Waals surface area contributed by atoms with Crippen LogP contribution in [-0.4, -0.2) is 22.3 Å². The number of nitrogens with zero attached hydrogens (tertiary/aromatic N) is 1. The normalized spacial score (nSPS) is 29.4. The largest absolute Gasteiger partial charge is 0.356 e. The lowest BCUT2D eigenvalue weighted by Gasteiger charge is -2.49. The van der Waals surface area contributed by atoms with E-state index in [0.717, 1.165) is 25.8 Å². The summed E-state index contributed by atoms with van der Waals surface area (Å²) in [5.41, 5.74) is 3.74. The van der Waals surface area contributed by atoms with Crippen molar-refractivity contribution >= 4 is 16.8 Å². The van der Waals surface area contributed by atoms with Gasteiger partial charge in [0.2, 0.25) is 5.91 Å². The fourth-order valence-electron chi connectivity index (χ4n) is 4.03. The first-order chi connectivity index (χ1) is 9.61. The Morgan fingerprint density at radius 3 is 3.00 bits per heavy atom. The van der Waals surface area contributed by atoms with E-state index in [1.807, 2.05) is 0 Å². The summed E-state index contributed by atoms with van der Waals surface area (Å²) >= 11 is 0. The molecule has 2 atom stereocenters. The average molecular weight is 268 g/mol. The number of para-hydroxylation sites is 1. The van der Waals surface area contributed by atoms with Crippen molar-refractivity contribution in [1.29, 1.82) is 0 Å². The van der Waals surface area contributed by atoms with Gasteiger partial charge in [-0.1, -0.05) is 25.1 Å². The van der Waals surface area contributed by atoms with Gasteiger partial charge in [0.05, 0.1) is 5.54 Å². The second kappa shape index (κ2) is 3.87. The SMILES string of the molecule is C[C@@H]1CC[C@@]2(C)c3[nH]c4ccccc4c3CCN2C1=O. The van der Waals surface area contributed by atoms with Crippen molar-refractivity contribution in [3.8, 4) is 0 Å². The maximum Gasteiger partial charge on any atom is 0.226 e. The van der Waals surface area contributed by atoms with Crippen molar-refractivity contribution in [2.75, 3.05) is 6.54 Å². The van der Waals surface area contributed by atoms with Crippen LogP contribution in [0.3, 0.4) is 0 Å². The quantitative estimate of drug-likeness (QED) is 0.782. The zero-order chi connectivity index (χ0) is 13.9. The van der Waals surface area contributed by atoms with Crippen LogP contribution in [0.5, 0.6) is 0 Å². The molecule has 20 heavy (non-hydrogen) atoms. The summed E-state index contributed by atoms with van der Waals surface area (Å²) in [6.07, 6.45) is 3.01. The molecule has 0 bridgehead atoms. The van der Waals surface area contributed by atoms with E-state index in [1.165, 1.54) is 22.2 Å². The summed E-state index contributed by atoms with van der Waals surface area (Å²) in [4.78, 5) is 18.2. The van der Waals surface area contributed by atoms with Gasteiger partial charge < -0.3 is 9.88 Å². The van der Waals surface area contributed by atoms with Crippen LogP contribution >= 0.6 is 0 Å². The molecule has 3 heteroatoms. The first-order valence-corrected chi connectivity index (χ1v) is 7.53. The second-order valence-corrected chi connectivity index (χ2v) is 6.48. The molecule has 1 aromatic carbocycles. The van der Waals surface area contributed by atoms with Crippen LogP contribution in [0, 0.1) is 5.92 Å². The Bertz CT molecular complexity index is 702. The van der Waals surface area contributed by atoms with E-state index in [4.69, 9.17) is 0 Å². The summed E-state index contributed by atoms with van der Waals surface area (Å²) in [7, 11) is 0. The van der Waals surface area contributed by atoms with E-state index in [9.17, 15) is 4.79 Å². The molecular weight excluding hydrogens is 248 g/mol. The summed E-state index contributed by atoms with van der Waals surface area (Å²) in [6.45, 7) is 5.14. The second-order valence-electron chi connectivity index (χ2n) is 6.48. The lowest BCUT2D eigenvalue weighted by atomic mass is 9.77. The van der Waals surface area contributed by atoms with Gasteiger partial charge >= 0.3 is 0 Å². The molecule has 1 N–H and O–H groups in total. The van der Waals surface area contributed by atoms with Crippen molar-refractivity contribution in [1.82, 2.24) is 9.88 Å². The molecule has 1 aromatic heterocycles. The lowest BCUT2D eigenvalue weighted by Crippen LogP contribution is -2.56. The van der Waals surface area contributed by atoms with Gasteiger partial charge in [0, 0.05) is 29.1 Å². The van der Waals surface area contributed by atoms with Gasteiger partial charge in [0.25, 0.3) is 0 Å². The highest BCUT2D eigenvalue weighted by atomic mass is 16.2. The average Bonchev–Trinajstić information content (AvgIpc) is 2.84. The monoisotopic (exact) mass is 268 g/mol. The van der Waals surface area contributed by atoms with Gasteiger partial charge in [-0.3, -0.25) is 4.79 Å². The number of carbonyl (C=O) groups is 1. The predicted octanol–water partition coefficient (Wildman–Crippen LogP) is 3.20. The molecule has 3 heterocycles. The molecule has 0 radical (unpaired) electrons. The summed E-state index contributed by atoms with van der Waals surface area (Å²) < 4.78 is 0. The predicted molar refractivity (Wildman–Crippen MR) is 79.5 cm³/mol. The van der Waals surface area contributed by atoms with E-state index >= 15 is 0 Å². The van der Waals surface area contributed by atoms with Crippen LogP contribution in [0.15, 0.2) is 24.3 Å². The van der Waals surface area contributed by atoms with Gasteiger partial charge in [0.15, 0.2) is 0 Å². The molecule has 2 aliphatic heterocycles. The van der Waals surface area contributed by atoms with Gasteiger partial charge in [-0.25, -0.2) is 0 Å². The van der Waals surface area contributed by atoms with Crippen molar-refractivity contribution in [3.63, 3.8) is 0 Å². The Kier molecular flexibility index (Phi) is 2.33. The van der Waals surface area contributed by atoms with Crippen LogP contribution in [0.4, 0.5) is 0 Å². The molecule has 0 unspecified atom stereocenters. The van der Waals surface area contributed by atoms with Crippen LogP contribution in [-0.2, 0) is 16.8 Å². The number of nitrogens with one attached hydrogen (secondary N) is 1. The third kappa shape index (κ3) is 1.38. The van der Waals surface area contributed by atoms with Crippen molar-refractivity contribution < 1.29 is 4.79 Å². The molecule has 2 aliphatic rings. The third-order valence-electron chi connectivity index (χ3n) is 5.29. The zero-order valence-electron chi connectivity index (χ0n) is 12.1. The number of piperidine rings is 1. The fourth-order valence-corrected chi connectivity index (χ4v) is 4.03. The third-order valence-corrected chi connectivity index (χ3v) is 5.29. The fraction of sp³-hybridized carbons (Fsp3) is 0.471. The number of rotatable bonds is 0. The van der Waals surface area contributed by atoms with E-state index in [1.54, 1.807) is 0 Å². The molecule has 0 spiro atoms. The molecule has 0 aliphatic carbocycles. The number of fused-ring (bicyclic) bond motifs is 5. The van der Waals surface area contributed by atoms with E-state index in [0.29, 0.717) is 5.91 Å². The minimum atomic E-state index is -0.143. The first-order valence-electron chi connectivity index (χ1n) is 7.53. The molecule has 1 fully saturated rings. The molecule has 4 rings (SSSR count). The van der Waals surface area contributed by atoms with E-state index < -0.39 is 0 Å². The van der Waals surface area contributed by atoms with Crippen molar-refractivity contribution in [3.05, 3.63) is 35.5 Å². The minimum absolute atomic E-state index is 0.143. The van der Waals surface area contributed by atoms with E-state index in [2.05, 4.69) is 48.0 Å². The maximum absolute atomic E-state index is 12.5. The topological polar surface area (TPSA) is 36.1 Å². The highest BCUT2D eigenvalue weighted by molar-refractivity contribution is 5.87.